The summed E-state index contributed by atoms with van der Waals surface area (Å²) in [5.74, 6) is -0.776. The van der Waals surface area contributed by atoms with Crippen LogP contribution in [0.25, 0.3) is 0 Å². The van der Waals surface area contributed by atoms with Crippen LogP contribution in [0.3, 0.4) is 0 Å². The first-order chi connectivity index (χ1) is 18.4. The topological polar surface area (TPSA) is 79.8 Å². The lowest BCUT2D eigenvalue weighted by Gasteiger charge is -2.26. The van der Waals surface area contributed by atoms with Crippen LogP contribution in [0.5, 0.6) is 5.75 Å². The van der Waals surface area contributed by atoms with E-state index in [0.29, 0.717) is 38.0 Å². The Morgan fingerprint density at radius 2 is 1.89 bits per heavy atom. The first kappa shape index (κ1) is 28.2. The van der Waals surface area contributed by atoms with Crippen molar-refractivity contribution < 1.29 is 28.2 Å². The predicted molar refractivity (Wildman–Crippen MR) is 142 cm³/mol. The quantitative estimate of drug-likeness (QED) is 0.473. The van der Waals surface area contributed by atoms with Gasteiger partial charge in [0.2, 0.25) is 5.91 Å². The average Bonchev–Trinajstić information content (AvgIpc) is 3.22. The standard InChI is InChI=1S/C30H38F2N2O4/c1-2-11-37-23-9-10-24-25(17-23)26-18-29(24)38-12-7-5-3-4-6-8-30(36)34-27(28(35)19-33-26)15-20-13-21(31)16-22(32)14-20/h5,7,9-10,13-14,16-17,26-29,33,35H,2-4,6,8,11-12,15,18-19H2,1H3,(H,34,36)/t26-,27-,28+,29+/m0/s1. The smallest absolute Gasteiger partial charge is 0.220 e. The highest BCUT2D eigenvalue weighted by molar-refractivity contribution is 5.76. The number of carbonyl (C=O) groups excluding carboxylic acids is 1. The average molecular weight is 529 g/mol. The largest absolute Gasteiger partial charge is 0.494 e. The van der Waals surface area contributed by atoms with E-state index >= 15 is 0 Å². The molecule has 3 N–H and O–H groups in total. The van der Waals surface area contributed by atoms with Crippen LogP contribution in [0.2, 0.25) is 0 Å². The highest BCUT2D eigenvalue weighted by atomic mass is 19.1. The monoisotopic (exact) mass is 528 g/mol. The number of benzene rings is 2. The molecule has 2 aromatic carbocycles. The van der Waals surface area contributed by atoms with E-state index in [4.69, 9.17) is 9.47 Å². The zero-order valence-electron chi connectivity index (χ0n) is 21.9. The molecule has 4 atom stereocenters. The van der Waals surface area contributed by atoms with Crippen LogP contribution in [-0.2, 0) is 16.0 Å². The number of nitrogens with one attached hydrogen (secondary N) is 2. The third-order valence-electron chi connectivity index (χ3n) is 7.05. The molecule has 4 rings (SSSR count). The maximum Gasteiger partial charge on any atom is 0.220 e. The highest BCUT2D eigenvalue weighted by Gasteiger charge is 2.33. The predicted octanol–water partition coefficient (Wildman–Crippen LogP) is 5.06. The molecule has 0 unspecified atom stereocenters. The van der Waals surface area contributed by atoms with Crippen molar-refractivity contribution in [2.24, 2.45) is 0 Å². The van der Waals surface area contributed by atoms with Gasteiger partial charge in [-0.05, 0) is 79.5 Å². The van der Waals surface area contributed by atoms with Crippen LogP contribution in [-0.4, -0.2) is 42.9 Å². The van der Waals surface area contributed by atoms with Crippen LogP contribution in [0, 0.1) is 11.6 Å². The first-order valence-electron chi connectivity index (χ1n) is 13.6. The molecule has 1 amide bonds. The van der Waals surface area contributed by atoms with Crippen LogP contribution in [0.1, 0.15) is 74.3 Å². The molecule has 2 aromatic rings. The summed E-state index contributed by atoms with van der Waals surface area (Å²) in [4.78, 5) is 12.7. The SMILES string of the molecule is CCCOc1ccc2c(c1)[C@@H]1C[C@H]2OCC=CCCCCC(=O)N[C@@H](Cc2cc(F)cc(F)c2)[C@H](O)CN1. The Kier molecular flexibility index (Phi) is 10.3. The molecular formula is C30H38F2N2O4. The van der Waals surface area contributed by atoms with Crippen molar-refractivity contribution in [2.75, 3.05) is 19.8 Å². The summed E-state index contributed by atoms with van der Waals surface area (Å²) < 4.78 is 39.7. The first-order valence-corrected chi connectivity index (χ1v) is 13.6. The number of aliphatic hydroxyl groups excluding tert-OH is 1. The van der Waals surface area contributed by atoms with Crippen molar-refractivity contribution in [1.29, 1.82) is 0 Å². The van der Waals surface area contributed by atoms with E-state index in [9.17, 15) is 18.7 Å². The van der Waals surface area contributed by atoms with E-state index in [1.54, 1.807) is 0 Å². The number of ether oxygens (including phenoxy) is 2. The Bertz CT molecular complexity index is 1090. The number of hydrogen-bond acceptors (Lipinski definition) is 5. The fourth-order valence-corrected chi connectivity index (χ4v) is 5.13. The molecule has 206 valence electrons. The second-order valence-electron chi connectivity index (χ2n) is 10.1. The van der Waals surface area contributed by atoms with Crippen LogP contribution in [0.15, 0.2) is 48.6 Å². The number of β-amino-alcohol motifs (C(OH)–C–C–N with tert-alkyl or cyclic N) is 1. The maximum atomic E-state index is 13.8. The molecule has 6 nitrogen and oxygen atoms in total. The molecule has 1 heterocycles. The van der Waals surface area contributed by atoms with Crippen molar-refractivity contribution in [2.45, 2.75) is 76.2 Å². The molecule has 1 aliphatic carbocycles. The van der Waals surface area contributed by atoms with Crippen molar-refractivity contribution in [1.82, 2.24) is 10.6 Å². The van der Waals surface area contributed by atoms with Crippen LogP contribution >= 0.6 is 0 Å². The molecule has 0 fully saturated rings. The lowest BCUT2D eigenvalue weighted by atomic mass is 9.99. The van der Waals surface area contributed by atoms with Gasteiger partial charge in [0.15, 0.2) is 0 Å². The zero-order chi connectivity index (χ0) is 26.9. The number of aliphatic hydroxyl groups is 1. The zero-order valence-corrected chi connectivity index (χ0v) is 21.9. The van der Waals surface area contributed by atoms with E-state index in [0.717, 1.165) is 42.2 Å². The Labute approximate surface area is 223 Å². The molecule has 0 saturated heterocycles. The number of hydrogen-bond donors (Lipinski definition) is 3. The Balaban J connectivity index is 1.55. The molecule has 38 heavy (non-hydrogen) atoms. The summed E-state index contributed by atoms with van der Waals surface area (Å²) in [5, 5.41) is 17.5. The molecule has 0 aromatic heterocycles. The van der Waals surface area contributed by atoms with Gasteiger partial charge in [-0.2, -0.15) is 0 Å². The molecular weight excluding hydrogens is 490 g/mol. The maximum absolute atomic E-state index is 13.8. The highest BCUT2D eigenvalue weighted by Crippen LogP contribution is 2.42. The molecule has 2 aliphatic rings. The minimum absolute atomic E-state index is 0.0857. The van der Waals surface area contributed by atoms with Crippen LogP contribution in [0.4, 0.5) is 8.78 Å². The molecule has 8 heteroatoms. The van der Waals surface area contributed by atoms with Crippen molar-refractivity contribution >= 4 is 5.91 Å². The number of carbonyl (C=O) groups is 1. The minimum atomic E-state index is -0.981. The summed E-state index contributed by atoms with van der Waals surface area (Å²) in [5.41, 5.74) is 2.53. The van der Waals surface area contributed by atoms with Crippen LogP contribution < -0.4 is 15.4 Å². The third kappa shape index (κ3) is 7.85. The molecule has 1 aliphatic heterocycles. The van der Waals surface area contributed by atoms with Gasteiger partial charge in [-0.1, -0.05) is 25.1 Å². The number of rotatable bonds is 5. The normalized spacial score (nSPS) is 24.9. The number of amides is 1. The van der Waals surface area contributed by atoms with E-state index in [1.807, 2.05) is 24.3 Å². The molecule has 2 bridgehead atoms. The van der Waals surface area contributed by atoms with Gasteiger partial charge in [-0.15, -0.1) is 0 Å². The van der Waals surface area contributed by atoms with Crippen molar-refractivity contribution in [3.63, 3.8) is 0 Å². The number of allylic oxidation sites excluding steroid dienone is 1. The molecule has 0 spiro atoms. The fourth-order valence-electron chi connectivity index (χ4n) is 5.13. The van der Waals surface area contributed by atoms with Gasteiger partial charge in [0.1, 0.15) is 17.4 Å². The minimum Gasteiger partial charge on any atom is -0.494 e. The van der Waals surface area contributed by atoms with Gasteiger partial charge >= 0.3 is 0 Å². The Morgan fingerprint density at radius 1 is 1.08 bits per heavy atom. The summed E-state index contributed by atoms with van der Waals surface area (Å²) in [6.45, 7) is 3.37. The van der Waals surface area contributed by atoms with Crippen molar-refractivity contribution in [3.05, 3.63) is 76.9 Å². The molecule has 0 saturated carbocycles. The van der Waals surface area contributed by atoms with Crippen molar-refractivity contribution in [3.8, 4) is 5.75 Å². The van der Waals surface area contributed by atoms with Gasteiger partial charge in [0.05, 0.1) is 31.5 Å². The second-order valence-corrected chi connectivity index (χ2v) is 10.1. The second kappa shape index (κ2) is 13.8. The van der Waals surface area contributed by atoms with E-state index in [2.05, 4.69) is 23.6 Å². The van der Waals surface area contributed by atoms with Gasteiger partial charge in [-0.25, -0.2) is 8.78 Å². The lowest BCUT2D eigenvalue weighted by molar-refractivity contribution is -0.122. The van der Waals surface area contributed by atoms with Gasteiger partial charge < -0.3 is 25.2 Å². The summed E-state index contributed by atoms with van der Waals surface area (Å²) in [7, 11) is 0. The van der Waals surface area contributed by atoms with E-state index in [1.165, 1.54) is 12.1 Å². The fraction of sp³-hybridized carbons (Fsp3) is 0.500. The number of fused-ring (bicyclic) bond motifs is 5. The van der Waals surface area contributed by atoms with Gasteiger partial charge in [0, 0.05) is 25.1 Å². The van der Waals surface area contributed by atoms with Gasteiger partial charge in [-0.3, -0.25) is 4.79 Å². The Morgan fingerprint density at radius 3 is 2.68 bits per heavy atom. The van der Waals surface area contributed by atoms with E-state index in [-0.39, 0.29) is 31.0 Å². The Hall–Kier alpha value is -2.81. The summed E-state index contributed by atoms with van der Waals surface area (Å²) >= 11 is 0. The lowest BCUT2D eigenvalue weighted by Crippen LogP contribution is -2.49. The summed E-state index contributed by atoms with van der Waals surface area (Å²) in [6, 6.07) is 8.53. The molecule has 0 radical (unpaired) electrons. The summed E-state index contributed by atoms with van der Waals surface area (Å²) in [6.07, 6.45) is 7.45. The van der Waals surface area contributed by atoms with Gasteiger partial charge in [0.25, 0.3) is 0 Å². The number of halogens is 2. The third-order valence-corrected chi connectivity index (χ3v) is 7.05. The van der Waals surface area contributed by atoms with E-state index < -0.39 is 23.8 Å².